The van der Waals surface area contributed by atoms with Crippen molar-refractivity contribution in [3.63, 3.8) is 0 Å². The number of rotatable bonds is 1. The predicted octanol–water partition coefficient (Wildman–Crippen LogP) is 3.18. The van der Waals surface area contributed by atoms with Crippen LogP contribution in [0.5, 0.6) is 0 Å². The van der Waals surface area contributed by atoms with Gasteiger partial charge in [-0.15, -0.1) is 0 Å². The maximum absolute atomic E-state index is 11.3. The molecule has 2 aromatic rings. The number of hydrogen-bond acceptors (Lipinski definition) is 3. The van der Waals surface area contributed by atoms with Crippen LogP contribution in [0.3, 0.4) is 0 Å². The first kappa shape index (κ1) is 11.5. The van der Waals surface area contributed by atoms with Crippen LogP contribution < -0.4 is 11.1 Å². The van der Waals surface area contributed by atoms with E-state index in [-0.39, 0.29) is 0 Å². The highest BCUT2D eigenvalue weighted by Gasteiger charge is 2.07. The van der Waals surface area contributed by atoms with Gasteiger partial charge in [0.15, 0.2) is 0 Å². The lowest BCUT2D eigenvalue weighted by Crippen LogP contribution is -2.12. The van der Waals surface area contributed by atoms with Gasteiger partial charge in [-0.05, 0) is 22.9 Å². The summed E-state index contributed by atoms with van der Waals surface area (Å²) >= 11 is 0.444. The Morgan fingerprint density at radius 2 is 1.76 bits per heavy atom. The molecule has 5 heteroatoms. The average molecular weight is 246 g/mol. The fraction of sp³-hybridized carbons (Fsp3) is 0. The van der Waals surface area contributed by atoms with Gasteiger partial charge in [0.1, 0.15) is 0 Å². The van der Waals surface area contributed by atoms with Gasteiger partial charge in [0.2, 0.25) is 0 Å². The molecule has 2 aromatic carbocycles. The quantitative estimate of drug-likeness (QED) is 0.811. The third kappa shape index (κ3) is 2.98. The molecule has 0 saturated carbocycles. The molecule has 0 aliphatic heterocycles. The highest BCUT2D eigenvalue weighted by atomic mass is 32.2. The first-order chi connectivity index (χ1) is 8.15. The highest BCUT2D eigenvalue weighted by molar-refractivity contribution is 8.26. The third-order valence-corrected chi connectivity index (χ3v) is 2.68. The smallest absolute Gasteiger partial charge is 0.292 e. The lowest BCUT2D eigenvalue weighted by atomic mass is 10.1. The van der Waals surface area contributed by atoms with E-state index in [0.717, 1.165) is 10.8 Å². The molecule has 0 aliphatic carbocycles. The van der Waals surface area contributed by atoms with Crippen molar-refractivity contribution >= 4 is 38.7 Å². The van der Waals surface area contributed by atoms with Gasteiger partial charge in [-0.2, -0.15) is 0 Å². The van der Waals surface area contributed by atoms with Gasteiger partial charge in [-0.25, -0.2) is 0 Å². The molecule has 3 N–H and O–H groups in total. The van der Waals surface area contributed by atoms with Crippen LogP contribution in [0.2, 0.25) is 0 Å². The number of nitrogens with two attached hydrogens (primary N) is 1. The number of amides is 2. The minimum atomic E-state index is -0.719. The Kier molecular flexibility index (Phi) is 3.30. The van der Waals surface area contributed by atoms with Crippen LogP contribution in [0.1, 0.15) is 0 Å². The van der Waals surface area contributed by atoms with Gasteiger partial charge in [-0.1, -0.05) is 30.3 Å². The van der Waals surface area contributed by atoms with Crippen LogP contribution in [-0.2, 0) is 0 Å². The van der Waals surface area contributed by atoms with E-state index in [2.05, 4.69) is 5.32 Å². The van der Waals surface area contributed by atoms with Crippen molar-refractivity contribution in [3.05, 3.63) is 42.5 Å². The molecule has 86 valence electrons. The number of fused-ring (bicyclic) bond motifs is 1. The van der Waals surface area contributed by atoms with E-state index >= 15 is 0 Å². The van der Waals surface area contributed by atoms with E-state index < -0.39 is 10.5 Å². The van der Waals surface area contributed by atoms with Crippen LogP contribution >= 0.6 is 11.8 Å². The second-order valence-electron chi connectivity index (χ2n) is 3.40. The zero-order valence-corrected chi connectivity index (χ0v) is 9.66. The minimum Gasteiger partial charge on any atom is -0.360 e. The van der Waals surface area contributed by atoms with E-state index in [1.165, 1.54) is 0 Å². The van der Waals surface area contributed by atoms with Gasteiger partial charge < -0.3 is 11.1 Å². The number of thioether (sulfide) groups is 1. The summed E-state index contributed by atoms with van der Waals surface area (Å²) < 4.78 is 0. The van der Waals surface area contributed by atoms with Crippen LogP contribution in [0.15, 0.2) is 42.5 Å². The number of carbonyl (C=O) groups is 2. The molecule has 0 unspecified atom stereocenters. The number of primary amides is 1. The summed E-state index contributed by atoms with van der Waals surface area (Å²) in [4.78, 5) is 21.8. The van der Waals surface area contributed by atoms with Crippen LogP contribution in [0.4, 0.5) is 15.3 Å². The third-order valence-electron chi connectivity index (χ3n) is 2.19. The lowest BCUT2D eigenvalue weighted by molar-refractivity contribution is 0.265. The van der Waals surface area contributed by atoms with Crippen LogP contribution in [0, 0.1) is 0 Å². The monoisotopic (exact) mass is 246 g/mol. The van der Waals surface area contributed by atoms with Crippen molar-refractivity contribution in [2.45, 2.75) is 0 Å². The van der Waals surface area contributed by atoms with Crippen molar-refractivity contribution in [2.24, 2.45) is 5.73 Å². The Morgan fingerprint density at radius 3 is 2.47 bits per heavy atom. The highest BCUT2D eigenvalue weighted by Crippen LogP contribution is 2.19. The second kappa shape index (κ2) is 4.88. The molecule has 0 saturated heterocycles. The molecule has 17 heavy (non-hydrogen) atoms. The normalized spacial score (nSPS) is 10.1. The topological polar surface area (TPSA) is 72.2 Å². The Hall–Kier alpha value is -2.01. The summed E-state index contributed by atoms with van der Waals surface area (Å²) in [6.07, 6.45) is 0. The zero-order valence-electron chi connectivity index (χ0n) is 8.84. The van der Waals surface area contributed by atoms with Gasteiger partial charge in [0.05, 0.1) is 0 Å². The molecule has 0 radical (unpaired) electrons. The maximum atomic E-state index is 11.3. The number of benzene rings is 2. The van der Waals surface area contributed by atoms with Crippen molar-refractivity contribution < 1.29 is 9.59 Å². The second-order valence-corrected chi connectivity index (χ2v) is 4.37. The number of carbonyl (C=O) groups excluding carboxylic acids is 2. The molecule has 2 amide bonds. The molecule has 0 bridgehead atoms. The van der Waals surface area contributed by atoms with Gasteiger partial charge in [-0.3, -0.25) is 9.59 Å². The van der Waals surface area contributed by atoms with Gasteiger partial charge in [0.25, 0.3) is 10.5 Å². The lowest BCUT2D eigenvalue weighted by Gasteiger charge is -2.04. The Balaban J connectivity index is 2.19. The van der Waals surface area contributed by atoms with Gasteiger partial charge in [0, 0.05) is 17.4 Å². The summed E-state index contributed by atoms with van der Waals surface area (Å²) in [6.45, 7) is 0. The first-order valence-electron chi connectivity index (χ1n) is 4.92. The predicted molar refractivity (Wildman–Crippen MR) is 70.1 cm³/mol. The molecule has 0 atom stereocenters. The van der Waals surface area contributed by atoms with E-state index in [9.17, 15) is 9.59 Å². The molecule has 0 fully saturated rings. The largest absolute Gasteiger partial charge is 0.360 e. The Bertz CT molecular complexity index is 583. The molecule has 0 spiro atoms. The standard InChI is InChI=1S/C12H10N2O2S/c13-11(15)17-12(16)14-10-6-5-8-3-1-2-4-9(8)7-10/h1-7H,(H2,13,15)(H,14,16). The van der Waals surface area contributed by atoms with E-state index in [4.69, 9.17) is 5.73 Å². The van der Waals surface area contributed by atoms with Crippen molar-refractivity contribution in [3.8, 4) is 0 Å². The number of hydrogen-bond donors (Lipinski definition) is 2. The number of nitrogens with one attached hydrogen (secondary N) is 1. The minimum absolute atomic E-state index is 0.444. The molecule has 2 rings (SSSR count). The van der Waals surface area contributed by atoms with E-state index in [0.29, 0.717) is 17.4 Å². The van der Waals surface area contributed by atoms with Crippen molar-refractivity contribution in [2.75, 3.05) is 5.32 Å². The Morgan fingerprint density at radius 1 is 1.06 bits per heavy atom. The molecular formula is C12H10N2O2S. The van der Waals surface area contributed by atoms with Crippen molar-refractivity contribution in [1.82, 2.24) is 0 Å². The number of anilines is 1. The SMILES string of the molecule is NC(=O)SC(=O)Nc1ccc2ccccc2c1. The zero-order chi connectivity index (χ0) is 12.3. The van der Waals surface area contributed by atoms with Crippen LogP contribution in [0.25, 0.3) is 10.8 Å². The first-order valence-corrected chi connectivity index (χ1v) is 5.74. The van der Waals surface area contributed by atoms with E-state index in [1.807, 2.05) is 36.4 Å². The Labute approximate surface area is 102 Å². The van der Waals surface area contributed by atoms with Gasteiger partial charge >= 0.3 is 0 Å². The summed E-state index contributed by atoms with van der Waals surface area (Å²) in [5.74, 6) is 0. The molecule has 0 aliphatic rings. The molecule has 0 aromatic heterocycles. The molecule has 4 nitrogen and oxygen atoms in total. The molecule has 0 heterocycles. The fourth-order valence-electron chi connectivity index (χ4n) is 1.50. The summed E-state index contributed by atoms with van der Waals surface area (Å²) in [5.41, 5.74) is 5.54. The molecular weight excluding hydrogens is 236 g/mol. The maximum Gasteiger partial charge on any atom is 0.292 e. The summed E-state index contributed by atoms with van der Waals surface area (Å²) in [6, 6.07) is 13.3. The van der Waals surface area contributed by atoms with Crippen LogP contribution in [-0.4, -0.2) is 10.5 Å². The van der Waals surface area contributed by atoms with E-state index in [1.54, 1.807) is 6.07 Å². The van der Waals surface area contributed by atoms with Crippen molar-refractivity contribution in [1.29, 1.82) is 0 Å². The fourth-order valence-corrected chi connectivity index (χ4v) is 1.85. The summed E-state index contributed by atoms with van der Waals surface area (Å²) in [7, 11) is 0. The summed E-state index contributed by atoms with van der Waals surface area (Å²) in [5, 5.41) is 3.50. The average Bonchev–Trinajstić information content (AvgIpc) is 2.27.